The molecule has 1 fully saturated rings. The summed E-state index contributed by atoms with van der Waals surface area (Å²) in [5, 5.41) is 8.66. The highest BCUT2D eigenvalue weighted by Gasteiger charge is 2.29. The van der Waals surface area contributed by atoms with Gasteiger partial charge in [0.25, 0.3) is 0 Å². The van der Waals surface area contributed by atoms with E-state index in [-0.39, 0.29) is 24.5 Å². The average molecular weight is 187 g/mol. The summed E-state index contributed by atoms with van der Waals surface area (Å²) in [4.78, 5) is 13.2. The maximum absolute atomic E-state index is 11.6. The van der Waals surface area contributed by atoms with Crippen LogP contribution < -0.4 is 0 Å². The van der Waals surface area contributed by atoms with Crippen LogP contribution in [0.3, 0.4) is 0 Å². The molecule has 1 aliphatic heterocycles. The lowest BCUT2D eigenvalue weighted by Gasteiger charge is -2.18. The summed E-state index contributed by atoms with van der Waals surface area (Å²) < 4.78 is 5.30. The third-order valence-corrected chi connectivity index (χ3v) is 2.36. The van der Waals surface area contributed by atoms with E-state index < -0.39 is 0 Å². The minimum absolute atomic E-state index is 0.00782. The van der Waals surface area contributed by atoms with Crippen LogP contribution in [0.2, 0.25) is 0 Å². The molecule has 0 bridgehead atoms. The third-order valence-electron chi connectivity index (χ3n) is 2.36. The van der Waals surface area contributed by atoms with Crippen molar-refractivity contribution in [2.45, 2.75) is 19.4 Å². The van der Waals surface area contributed by atoms with Crippen molar-refractivity contribution in [3.8, 4) is 0 Å². The van der Waals surface area contributed by atoms with E-state index >= 15 is 0 Å². The summed E-state index contributed by atoms with van der Waals surface area (Å²) in [6, 6.07) is 0. The molecular weight excluding hydrogens is 170 g/mol. The van der Waals surface area contributed by atoms with Crippen molar-refractivity contribution in [3.05, 3.63) is 0 Å². The largest absolute Gasteiger partial charge is 0.395 e. The Kier molecular flexibility index (Phi) is 3.69. The van der Waals surface area contributed by atoms with Crippen molar-refractivity contribution in [1.82, 2.24) is 4.90 Å². The smallest absolute Gasteiger partial charge is 0.227 e. The van der Waals surface area contributed by atoms with Gasteiger partial charge in [0, 0.05) is 13.6 Å². The Balaban J connectivity index is 2.38. The molecule has 1 heterocycles. The number of carbonyl (C=O) groups excluding carboxylic acids is 1. The summed E-state index contributed by atoms with van der Waals surface area (Å²) >= 11 is 0. The number of likely N-dealkylation sites (N-methyl/N-ethyl adjacent to an activating group) is 1. The Hall–Kier alpha value is -0.610. The summed E-state index contributed by atoms with van der Waals surface area (Å²) in [6.45, 7) is 2.92. The minimum Gasteiger partial charge on any atom is -0.395 e. The van der Waals surface area contributed by atoms with Crippen LogP contribution in [0, 0.1) is 5.92 Å². The van der Waals surface area contributed by atoms with Crippen molar-refractivity contribution >= 4 is 5.91 Å². The molecule has 4 nitrogen and oxygen atoms in total. The van der Waals surface area contributed by atoms with Crippen LogP contribution in [0.4, 0.5) is 0 Å². The third kappa shape index (κ3) is 2.67. The van der Waals surface area contributed by atoms with Crippen molar-refractivity contribution in [2.75, 3.05) is 26.8 Å². The zero-order chi connectivity index (χ0) is 9.84. The van der Waals surface area contributed by atoms with Crippen LogP contribution in [-0.2, 0) is 9.53 Å². The Morgan fingerprint density at radius 3 is 2.85 bits per heavy atom. The molecule has 13 heavy (non-hydrogen) atoms. The first-order valence-corrected chi connectivity index (χ1v) is 4.62. The fourth-order valence-electron chi connectivity index (χ4n) is 1.56. The average Bonchev–Trinajstić information content (AvgIpc) is 2.51. The molecule has 2 atom stereocenters. The SMILES string of the molecule is CC1CC(C(=O)N(C)CCO)CO1. The van der Waals surface area contributed by atoms with E-state index in [2.05, 4.69) is 0 Å². The lowest BCUT2D eigenvalue weighted by Crippen LogP contribution is -2.35. The topological polar surface area (TPSA) is 49.8 Å². The van der Waals surface area contributed by atoms with Gasteiger partial charge in [-0.1, -0.05) is 0 Å². The Morgan fingerprint density at radius 1 is 1.69 bits per heavy atom. The first-order chi connectivity index (χ1) is 6.15. The molecule has 0 saturated carbocycles. The zero-order valence-electron chi connectivity index (χ0n) is 8.19. The number of rotatable bonds is 3. The van der Waals surface area contributed by atoms with Gasteiger partial charge in [-0.25, -0.2) is 0 Å². The number of carbonyl (C=O) groups is 1. The molecule has 0 aromatic heterocycles. The highest BCUT2D eigenvalue weighted by Crippen LogP contribution is 2.20. The van der Waals surface area contributed by atoms with Crippen molar-refractivity contribution in [3.63, 3.8) is 0 Å². The monoisotopic (exact) mass is 187 g/mol. The van der Waals surface area contributed by atoms with E-state index in [1.54, 1.807) is 11.9 Å². The van der Waals surface area contributed by atoms with Gasteiger partial charge in [-0.05, 0) is 13.3 Å². The van der Waals surface area contributed by atoms with Crippen LogP contribution in [0.15, 0.2) is 0 Å². The van der Waals surface area contributed by atoms with Crippen molar-refractivity contribution in [2.24, 2.45) is 5.92 Å². The fourth-order valence-corrected chi connectivity index (χ4v) is 1.56. The fraction of sp³-hybridized carbons (Fsp3) is 0.889. The van der Waals surface area contributed by atoms with Crippen LogP contribution in [-0.4, -0.2) is 48.8 Å². The summed E-state index contributed by atoms with van der Waals surface area (Å²) in [5.74, 6) is 0.0740. The molecule has 0 aromatic carbocycles. The molecule has 0 radical (unpaired) electrons. The van der Waals surface area contributed by atoms with E-state index in [4.69, 9.17) is 9.84 Å². The molecule has 4 heteroatoms. The summed E-state index contributed by atoms with van der Waals surface area (Å²) in [5.41, 5.74) is 0. The van der Waals surface area contributed by atoms with Crippen LogP contribution >= 0.6 is 0 Å². The number of amides is 1. The Labute approximate surface area is 78.5 Å². The highest BCUT2D eigenvalue weighted by molar-refractivity contribution is 5.79. The second-order valence-corrected chi connectivity index (χ2v) is 3.56. The second kappa shape index (κ2) is 4.58. The molecule has 76 valence electrons. The maximum Gasteiger partial charge on any atom is 0.227 e. The number of hydrogen-bond acceptors (Lipinski definition) is 3. The minimum atomic E-state index is -0.00782. The second-order valence-electron chi connectivity index (χ2n) is 3.56. The van der Waals surface area contributed by atoms with Gasteiger partial charge in [0.05, 0.1) is 25.2 Å². The summed E-state index contributed by atoms with van der Waals surface area (Å²) in [7, 11) is 1.71. The summed E-state index contributed by atoms with van der Waals surface area (Å²) in [6.07, 6.45) is 0.991. The van der Waals surface area contributed by atoms with Gasteiger partial charge in [-0.2, -0.15) is 0 Å². The molecular formula is C9H17NO3. The molecule has 1 aliphatic rings. The van der Waals surface area contributed by atoms with E-state index in [0.717, 1.165) is 6.42 Å². The van der Waals surface area contributed by atoms with Crippen molar-refractivity contribution in [1.29, 1.82) is 0 Å². The maximum atomic E-state index is 11.6. The van der Waals surface area contributed by atoms with Crippen LogP contribution in [0.5, 0.6) is 0 Å². The molecule has 0 spiro atoms. The normalized spacial score (nSPS) is 27.6. The molecule has 2 unspecified atom stereocenters. The van der Waals surface area contributed by atoms with Gasteiger partial charge in [0.1, 0.15) is 0 Å². The first kappa shape index (κ1) is 10.5. The molecule has 1 amide bonds. The predicted molar refractivity (Wildman–Crippen MR) is 48.2 cm³/mol. The predicted octanol–water partition coefficient (Wildman–Crippen LogP) is -0.138. The quantitative estimate of drug-likeness (QED) is 0.669. The molecule has 1 N–H and O–H groups in total. The number of hydrogen-bond donors (Lipinski definition) is 1. The number of nitrogens with zero attached hydrogens (tertiary/aromatic N) is 1. The number of aliphatic hydroxyl groups excluding tert-OH is 1. The van der Waals surface area contributed by atoms with Gasteiger partial charge in [-0.3, -0.25) is 4.79 Å². The highest BCUT2D eigenvalue weighted by atomic mass is 16.5. The van der Waals surface area contributed by atoms with Crippen LogP contribution in [0.25, 0.3) is 0 Å². The first-order valence-electron chi connectivity index (χ1n) is 4.62. The molecule has 1 saturated heterocycles. The van der Waals surface area contributed by atoms with Gasteiger partial charge in [0.15, 0.2) is 0 Å². The number of aliphatic hydroxyl groups is 1. The van der Waals surface area contributed by atoms with E-state index in [1.165, 1.54) is 0 Å². The van der Waals surface area contributed by atoms with Gasteiger partial charge in [0.2, 0.25) is 5.91 Å². The standard InChI is InChI=1S/C9H17NO3/c1-7-5-8(6-13-7)9(12)10(2)3-4-11/h7-8,11H,3-6H2,1-2H3. The van der Waals surface area contributed by atoms with E-state index in [1.807, 2.05) is 6.92 Å². The van der Waals surface area contributed by atoms with Crippen LogP contribution in [0.1, 0.15) is 13.3 Å². The van der Waals surface area contributed by atoms with Gasteiger partial charge >= 0.3 is 0 Å². The number of ether oxygens (including phenoxy) is 1. The van der Waals surface area contributed by atoms with Gasteiger partial charge in [-0.15, -0.1) is 0 Å². The molecule has 0 aromatic rings. The lowest BCUT2D eigenvalue weighted by molar-refractivity contribution is -0.134. The lowest BCUT2D eigenvalue weighted by atomic mass is 10.1. The zero-order valence-corrected chi connectivity index (χ0v) is 8.19. The Morgan fingerprint density at radius 2 is 2.38 bits per heavy atom. The van der Waals surface area contributed by atoms with E-state index in [9.17, 15) is 4.79 Å². The molecule has 0 aliphatic carbocycles. The van der Waals surface area contributed by atoms with Gasteiger partial charge < -0.3 is 14.7 Å². The van der Waals surface area contributed by atoms with Crippen molar-refractivity contribution < 1.29 is 14.6 Å². The molecule has 1 rings (SSSR count). The Bertz CT molecular complexity index is 184. The van der Waals surface area contributed by atoms with E-state index in [0.29, 0.717) is 13.2 Å².